The Balaban J connectivity index is 1.74. The van der Waals surface area contributed by atoms with Crippen LogP contribution in [0.5, 0.6) is 0 Å². The van der Waals surface area contributed by atoms with E-state index < -0.39 is 17.8 Å². The van der Waals surface area contributed by atoms with Gasteiger partial charge >= 0.3 is 6.03 Å². The zero-order valence-electron chi connectivity index (χ0n) is 16.1. The normalized spacial score (nSPS) is 15.4. The van der Waals surface area contributed by atoms with Gasteiger partial charge in [0.25, 0.3) is 11.8 Å². The molecule has 1 heterocycles. The van der Waals surface area contributed by atoms with E-state index in [-0.39, 0.29) is 16.3 Å². The number of carbonyl (C=O) groups excluding carboxylic acids is 3. The zero-order chi connectivity index (χ0) is 22.0. The van der Waals surface area contributed by atoms with Gasteiger partial charge in [0.2, 0.25) is 0 Å². The van der Waals surface area contributed by atoms with Crippen LogP contribution in [0.15, 0.2) is 82.8 Å². The van der Waals surface area contributed by atoms with Crippen molar-refractivity contribution < 1.29 is 14.4 Å². The SMILES string of the molecule is O=C1NC(=O)N(c2ccccc2Cl)C(=O)/C1=C/c1ccccc1Cc1ccccc1Br. The number of hydrogen-bond acceptors (Lipinski definition) is 3. The summed E-state index contributed by atoms with van der Waals surface area (Å²) >= 11 is 9.73. The van der Waals surface area contributed by atoms with Crippen LogP contribution >= 0.6 is 27.5 Å². The van der Waals surface area contributed by atoms with Crippen LogP contribution in [0.1, 0.15) is 16.7 Å². The molecule has 1 fully saturated rings. The summed E-state index contributed by atoms with van der Waals surface area (Å²) in [5.74, 6) is -1.47. The van der Waals surface area contributed by atoms with E-state index in [1.165, 1.54) is 6.08 Å². The van der Waals surface area contributed by atoms with E-state index >= 15 is 0 Å². The van der Waals surface area contributed by atoms with Crippen LogP contribution in [0.25, 0.3) is 6.08 Å². The third-order valence-corrected chi connectivity index (χ3v) is 5.98. The molecule has 1 saturated heterocycles. The minimum absolute atomic E-state index is 0.140. The second kappa shape index (κ2) is 8.88. The molecule has 0 aliphatic carbocycles. The van der Waals surface area contributed by atoms with Gasteiger partial charge in [-0.2, -0.15) is 0 Å². The van der Waals surface area contributed by atoms with Gasteiger partial charge in [-0.15, -0.1) is 0 Å². The molecule has 0 saturated carbocycles. The van der Waals surface area contributed by atoms with Gasteiger partial charge in [-0.3, -0.25) is 14.9 Å². The molecule has 5 nitrogen and oxygen atoms in total. The van der Waals surface area contributed by atoms with Crippen molar-refractivity contribution in [3.05, 3.63) is 105 Å². The summed E-state index contributed by atoms with van der Waals surface area (Å²) in [6.07, 6.45) is 2.12. The minimum atomic E-state index is -0.832. The Hall–Kier alpha value is -3.22. The first kappa shape index (κ1) is 21.0. The molecule has 0 atom stereocenters. The predicted octanol–water partition coefficient (Wildman–Crippen LogP) is 5.36. The van der Waals surface area contributed by atoms with Crippen LogP contribution in [-0.4, -0.2) is 17.8 Å². The summed E-state index contributed by atoms with van der Waals surface area (Å²) in [5.41, 5.74) is 2.79. The lowest BCUT2D eigenvalue weighted by Gasteiger charge is -2.27. The maximum Gasteiger partial charge on any atom is 0.335 e. The van der Waals surface area contributed by atoms with E-state index in [1.807, 2.05) is 48.5 Å². The third kappa shape index (κ3) is 4.31. The van der Waals surface area contributed by atoms with Gasteiger partial charge in [-0.25, -0.2) is 9.69 Å². The highest BCUT2D eigenvalue weighted by Crippen LogP contribution is 2.29. The smallest absolute Gasteiger partial charge is 0.273 e. The fourth-order valence-corrected chi connectivity index (χ4v) is 3.99. The lowest BCUT2D eigenvalue weighted by Crippen LogP contribution is -2.54. The fourth-order valence-electron chi connectivity index (χ4n) is 3.35. The summed E-state index contributed by atoms with van der Waals surface area (Å²) in [5, 5.41) is 2.46. The molecule has 3 aromatic carbocycles. The molecule has 154 valence electrons. The summed E-state index contributed by atoms with van der Waals surface area (Å²) in [4.78, 5) is 38.9. The van der Waals surface area contributed by atoms with Crippen LogP contribution in [-0.2, 0) is 16.0 Å². The first-order valence-electron chi connectivity index (χ1n) is 9.43. The van der Waals surface area contributed by atoms with Crippen molar-refractivity contribution in [2.75, 3.05) is 4.90 Å². The van der Waals surface area contributed by atoms with Gasteiger partial charge in [-0.1, -0.05) is 82.1 Å². The van der Waals surface area contributed by atoms with Gasteiger partial charge in [0, 0.05) is 4.47 Å². The Bertz CT molecular complexity index is 1240. The number of para-hydroxylation sites is 1. The number of urea groups is 1. The number of halogens is 2. The number of rotatable bonds is 4. The van der Waals surface area contributed by atoms with Crippen molar-refractivity contribution in [2.45, 2.75) is 6.42 Å². The molecule has 1 aliphatic rings. The number of nitrogens with zero attached hydrogens (tertiary/aromatic N) is 1. The Morgan fingerprint density at radius 1 is 0.871 bits per heavy atom. The molecular weight excluding hydrogens is 480 g/mol. The van der Waals surface area contributed by atoms with Crippen LogP contribution < -0.4 is 10.2 Å². The molecule has 0 radical (unpaired) electrons. The molecule has 1 aliphatic heterocycles. The van der Waals surface area contributed by atoms with Crippen molar-refractivity contribution in [3.8, 4) is 0 Å². The molecule has 31 heavy (non-hydrogen) atoms. The number of benzene rings is 3. The van der Waals surface area contributed by atoms with E-state index in [0.717, 1.165) is 20.5 Å². The van der Waals surface area contributed by atoms with Crippen LogP contribution in [0.3, 0.4) is 0 Å². The van der Waals surface area contributed by atoms with Crippen LogP contribution in [0.2, 0.25) is 5.02 Å². The number of anilines is 1. The standard InChI is InChI=1S/C24H16BrClN2O3/c25-19-10-4-3-9-17(19)13-15-7-1-2-8-16(15)14-18-22(29)27-24(31)28(23(18)30)21-12-6-5-11-20(21)26/h1-12,14H,13H2,(H,27,29,31)/b18-14+. The van der Waals surface area contributed by atoms with Gasteiger partial charge in [-0.05, 0) is 47.4 Å². The minimum Gasteiger partial charge on any atom is -0.273 e. The molecule has 0 aromatic heterocycles. The molecule has 1 N–H and O–H groups in total. The van der Waals surface area contributed by atoms with Crippen LogP contribution in [0.4, 0.5) is 10.5 Å². The number of imide groups is 2. The third-order valence-electron chi connectivity index (χ3n) is 4.89. The molecular formula is C24H16BrClN2O3. The maximum absolute atomic E-state index is 13.1. The monoisotopic (exact) mass is 494 g/mol. The maximum atomic E-state index is 13.1. The second-order valence-electron chi connectivity index (χ2n) is 6.88. The zero-order valence-corrected chi connectivity index (χ0v) is 18.5. The molecule has 3 aromatic rings. The Morgan fingerprint density at radius 3 is 2.26 bits per heavy atom. The predicted molar refractivity (Wildman–Crippen MR) is 124 cm³/mol. The summed E-state index contributed by atoms with van der Waals surface area (Å²) in [7, 11) is 0. The van der Waals surface area contributed by atoms with Crippen molar-refractivity contribution in [1.29, 1.82) is 0 Å². The van der Waals surface area contributed by atoms with E-state index in [9.17, 15) is 14.4 Å². The largest absolute Gasteiger partial charge is 0.335 e. The highest BCUT2D eigenvalue weighted by Gasteiger charge is 2.37. The molecule has 0 bridgehead atoms. The van der Waals surface area contributed by atoms with E-state index in [4.69, 9.17) is 11.6 Å². The van der Waals surface area contributed by atoms with Gasteiger partial charge < -0.3 is 0 Å². The van der Waals surface area contributed by atoms with E-state index in [2.05, 4.69) is 21.2 Å². The highest BCUT2D eigenvalue weighted by atomic mass is 79.9. The van der Waals surface area contributed by atoms with Crippen molar-refractivity contribution in [1.82, 2.24) is 5.32 Å². The van der Waals surface area contributed by atoms with E-state index in [1.54, 1.807) is 24.3 Å². The lowest BCUT2D eigenvalue weighted by atomic mass is 9.97. The molecule has 7 heteroatoms. The van der Waals surface area contributed by atoms with Gasteiger partial charge in [0.1, 0.15) is 5.57 Å². The van der Waals surface area contributed by atoms with E-state index in [0.29, 0.717) is 12.0 Å². The molecule has 4 rings (SSSR count). The number of amides is 4. The van der Waals surface area contributed by atoms with Gasteiger partial charge in [0.15, 0.2) is 0 Å². The van der Waals surface area contributed by atoms with Crippen molar-refractivity contribution in [3.63, 3.8) is 0 Å². The molecule has 4 amide bonds. The lowest BCUT2D eigenvalue weighted by molar-refractivity contribution is -0.122. The Labute approximate surface area is 192 Å². The first-order chi connectivity index (χ1) is 15.0. The Kier molecular flexibility index (Phi) is 6.02. The quantitative estimate of drug-likeness (QED) is 0.391. The number of nitrogens with one attached hydrogen (secondary N) is 1. The van der Waals surface area contributed by atoms with Crippen molar-refractivity contribution >= 4 is 57.1 Å². The van der Waals surface area contributed by atoms with Gasteiger partial charge in [0.05, 0.1) is 10.7 Å². The summed E-state index contributed by atoms with van der Waals surface area (Å²) < 4.78 is 0.972. The first-order valence-corrected chi connectivity index (χ1v) is 10.6. The fraction of sp³-hybridized carbons (Fsp3) is 0.0417. The average molecular weight is 496 g/mol. The molecule has 0 spiro atoms. The molecule has 0 unspecified atom stereocenters. The average Bonchev–Trinajstić information content (AvgIpc) is 2.75. The van der Waals surface area contributed by atoms with Crippen LogP contribution in [0, 0.1) is 0 Å². The number of hydrogen-bond donors (Lipinski definition) is 1. The number of carbonyl (C=O) groups is 3. The second-order valence-corrected chi connectivity index (χ2v) is 8.14. The highest BCUT2D eigenvalue weighted by molar-refractivity contribution is 9.10. The Morgan fingerprint density at radius 2 is 1.52 bits per heavy atom. The number of barbiturate groups is 1. The summed E-state index contributed by atoms with van der Waals surface area (Å²) in [6.45, 7) is 0. The summed E-state index contributed by atoms with van der Waals surface area (Å²) in [6, 6.07) is 21.0. The van der Waals surface area contributed by atoms with Crippen molar-refractivity contribution in [2.24, 2.45) is 0 Å². The topological polar surface area (TPSA) is 66.5 Å².